The summed E-state index contributed by atoms with van der Waals surface area (Å²) in [4.78, 5) is 11.2. The summed E-state index contributed by atoms with van der Waals surface area (Å²) in [6, 6.07) is 10.3. The topological polar surface area (TPSA) is 78.8 Å². The Hall–Kier alpha value is -1.33. The maximum Gasteiger partial charge on any atom is 1.00 e. The van der Waals surface area contributed by atoms with Crippen molar-refractivity contribution in [2.24, 2.45) is 0 Å². The third-order valence-electron chi connectivity index (χ3n) is 1.67. The van der Waals surface area contributed by atoms with Crippen LogP contribution in [0.3, 0.4) is 0 Å². The fourth-order valence-electron chi connectivity index (χ4n) is 1.03. The van der Waals surface area contributed by atoms with Gasteiger partial charge in [0, 0.05) is 0 Å². The van der Waals surface area contributed by atoms with Crippen LogP contribution in [0.15, 0.2) is 30.3 Å². The number of nitriles is 2. The third-order valence-corrected chi connectivity index (χ3v) is 1.67. The quantitative estimate of drug-likeness (QED) is 0.445. The van der Waals surface area contributed by atoms with E-state index in [2.05, 4.69) is 5.32 Å². The molecule has 1 rings (SSSR count). The number of hydrogen-bond donors (Lipinski definition) is 0. The van der Waals surface area contributed by atoms with Gasteiger partial charge in [0.2, 0.25) is 0 Å². The van der Waals surface area contributed by atoms with Crippen molar-refractivity contribution >= 4 is 5.91 Å². The van der Waals surface area contributed by atoms with Crippen LogP contribution in [0.1, 0.15) is 11.5 Å². The molecule has 0 heterocycles. The van der Waals surface area contributed by atoms with E-state index in [-0.39, 0.29) is 29.6 Å². The fourth-order valence-corrected chi connectivity index (χ4v) is 1.03. The SMILES string of the molecule is N#C[N-]C(=O)C(C#N)c1ccccc1.[Na+]. The molecular formula is C10H6N3NaO. The second kappa shape index (κ2) is 7.03. The molecule has 0 aliphatic heterocycles. The molecule has 0 aliphatic rings. The zero-order valence-corrected chi connectivity index (χ0v) is 10.2. The summed E-state index contributed by atoms with van der Waals surface area (Å²) in [5.41, 5.74) is 0.555. The molecule has 0 saturated heterocycles. The minimum atomic E-state index is -0.976. The zero-order valence-electron chi connectivity index (χ0n) is 8.21. The van der Waals surface area contributed by atoms with Gasteiger partial charge in [-0.2, -0.15) is 5.26 Å². The molecule has 5 heteroatoms. The van der Waals surface area contributed by atoms with Crippen molar-refractivity contribution in [3.05, 3.63) is 41.2 Å². The molecule has 0 saturated carbocycles. The van der Waals surface area contributed by atoms with Crippen LogP contribution in [0.25, 0.3) is 5.32 Å². The second-order valence-electron chi connectivity index (χ2n) is 2.52. The monoisotopic (exact) mass is 207 g/mol. The minimum absolute atomic E-state index is 0. The molecule has 1 unspecified atom stereocenters. The van der Waals surface area contributed by atoms with Crippen molar-refractivity contribution in [3.8, 4) is 12.3 Å². The van der Waals surface area contributed by atoms with Crippen molar-refractivity contribution in [3.63, 3.8) is 0 Å². The van der Waals surface area contributed by atoms with Crippen LogP contribution in [0.4, 0.5) is 0 Å². The molecule has 0 radical (unpaired) electrons. The Labute approximate surface area is 110 Å². The Kier molecular flexibility index (Phi) is 6.40. The van der Waals surface area contributed by atoms with E-state index in [0.717, 1.165) is 0 Å². The molecule has 1 amide bonds. The average molecular weight is 207 g/mol. The Morgan fingerprint density at radius 3 is 2.33 bits per heavy atom. The van der Waals surface area contributed by atoms with Crippen LogP contribution in [0.2, 0.25) is 0 Å². The van der Waals surface area contributed by atoms with E-state index < -0.39 is 11.8 Å². The molecule has 0 bridgehead atoms. The molecule has 1 aromatic rings. The first-order valence-electron chi connectivity index (χ1n) is 3.88. The largest absolute Gasteiger partial charge is 1.00 e. The van der Waals surface area contributed by atoms with Gasteiger partial charge >= 0.3 is 29.6 Å². The minimum Gasteiger partial charge on any atom is -0.494 e. The van der Waals surface area contributed by atoms with Crippen molar-refractivity contribution in [2.45, 2.75) is 5.92 Å². The number of hydrogen-bond acceptors (Lipinski definition) is 3. The Balaban J connectivity index is 0.00000196. The van der Waals surface area contributed by atoms with Gasteiger partial charge in [0.15, 0.2) is 5.91 Å². The summed E-state index contributed by atoms with van der Waals surface area (Å²) in [5, 5.41) is 19.9. The maximum absolute atomic E-state index is 11.2. The molecule has 1 atom stereocenters. The maximum atomic E-state index is 11.2. The predicted octanol–water partition coefficient (Wildman–Crippen LogP) is -1.32. The van der Waals surface area contributed by atoms with E-state index in [1.807, 2.05) is 6.07 Å². The Bertz CT molecular complexity index is 405. The number of carbonyl (C=O) groups is 1. The van der Waals surface area contributed by atoms with Gasteiger partial charge in [0.05, 0.1) is 6.07 Å². The summed E-state index contributed by atoms with van der Waals surface area (Å²) in [6.45, 7) is 0. The number of benzene rings is 1. The van der Waals surface area contributed by atoms with Crippen LogP contribution < -0.4 is 29.6 Å². The van der Waals surface area contributed by atoms with Gasteiger partial charge < -0.3 is 10.6 Å². The first-order chi connectivity index (χ1) is 6.79. The van der Waals surface area contributed by atoms with Gasteiger partial charge in [0.1, 0.15) is 5.92 Å². The molecule has 0 aliphatic carbocycles. The Morgan fingerprint density at radius 1 is 1.27 bits per heavy atom. The van der Waals surface area contributed by atoms with Gasteiger partial charge in [-0.3, -0.25) is 4.79 Å². The standard InChI is InChI=1S/C10H7N3O.Na/c11-6-9(10(14)13-7-12)8-4-2-1-3-5-8;/h1-5,9H,(H,13,14);/q;+1/p-1. The van der Waals surface area contributed by atoms with Gasteiger partial charge in [-0.15, -0.1) is 0 Å². The summed E-state index contributed by atoms with van der Waals surface area (Å²) in [5.74, 6) is -1.70. The van der Waals surface area contributed by atoms with E-state index in [1.54, 1.807) is 30.3 Å². The summed E-state index contributed by atoms with van der Waals surface area (Å²) in [6.07, 6.45) is 1.38. The zero-order chi connectivity index (χ0) is 10.4. The van der Waals surface area contributed by atoms with E-state index >= 15 is 0 Å². The van der Waals surface area contributed by atoms with Gasteiger partial charge in [-0.05, 0) is 5.56 Å². The van der Waals surface area contributed by atoms with Crippen molar-refractivity contribution in [2.75, 3.05) is 0 Å². The summed E-state index contributed by atoms with van der Waals surface area (Å²) >= 11 is 0. The second-order valence-corrected chi connectivity index (χ2v) is 2.52. The molecule has 0 aromatic heterocycles. The summed E-state index contributed by atoms with van der Waals surface area (Å²) < 4.78 is 0. The molecular weight excluding hydrogens is 201 g/mol. The van der Waals surface area contributed by atoms with E-state index in [1.165, 1.54) is 6.19 Å². The molecule has 0 N–H and O–H groups in total. The normalized spacial score (nSPS) is 10.0. The van der Waals surface area contributed by atoms with E-state index in [4.69, 9.17) is 10.5 Å². The van der Waals surface area contributed by atoms with Gasteiger partial charge in [-0.25, -0.2) is 0 Å². The predicted molar refractivity (Wildman–Crippen MR) is 48.8 cm³/mol. The average Bonchev–Trinajstić information content (AvgIpc) is 2.21. The van der Waals surface area contributed by atoms with Gasteiger partial charge in [-0.1, -0.05) is 36.5 Å². The molecule has 15 heavy (non-hydrogen) atoms. The van der Waals surface area contributed by atoms with Crippen LogP contribution in [-0.4, -0.2) is 5.91 Å². The van der Waals surface area contributed by atoms with Gasteiger partial charge in [0.25, 0.3) is 0 Å². The molecule has 1 aromatic carbocycles. The van der Waals surface area contributed by atoms with Crippen molar-refractivity contribution in [1.29, 1.82) is 10.5 Å². The Morgan fingerprint density at radius 2 is 1.87 bits per heavy atom. The van der Waals surface area contributed by atoms with Crippen LogP contribution in [0, 0.1) is 22.8 Å². The van der Waals surface area contributed by atoms with Crippen LogP contribution in [-0.2, 0) is 4.79 Å². The van der Waals surface area contributed by atoms with E-state index in [0.29, 0.717) is 5.56 Å². The van der Waals surface area contributed by atoms with Crippen LogP contribution in [0.5, 0.6) is 0 Å². The third kappa shape index (κ3) is 3.73. The molecule has 68 valence electrons. The summed E-state index contributed by atoms with van der Waals surface area (Å²) in [7, 11) is 0. The molecule has 0 spiro atoms. The number of amides is 1. The number of nitrogens with zero attached hydrogens (tertiary/aromatic N) is 3. The van der Waals surface area contributed by atoms with E-state index in [9.17, 15) is 4.79 Å². The van der Waals surface area contributed by atoms with Crippen molar-refractivity contribution in [1.82, 2.24) is 0 Å². The number of rotatable bonds is 2. The van der Waals surface area contributed by atoms with Crippen LogP contribution >= 0.6 is 0 Å². The number of carbonyl (C=O) groups excluding carboxylic acids is 1. The smallest absolute Gasteiger partial charge is 0.494 e. The molecule has 0 fully saturated rings. The van der Waals surface area contributed by atoms with Crippen molar-refractivity contribution < 1.29 is 34.4 Å². The fraction of sp³-hybridized carbons (Fsp3) is 0.100. The molecule has 4 nitrogen and oxygen atoms in total. The first-order valence-corrected chi connectivity index (χ1v) is 3.88. The first kappa shape index (κ1) is 13.7.